The van der Waals surface area contributed by atoms with Crippen LogP contribution in [0.15, 0.2) is 24.6 Å². The molecule has 0 heterocycles. The average molecular weight is 116 g/mol. The lowest BCUT2D eigenvalue weighted by Gasteiger charge is -1.80. The van der Waals surface area contributed by atoms with Crippen molar-refractivity contribution in [2.24, 2.45) is 0 Å². The minimum absolute atomic E-state index is 0.517. The molecule has 7 heavy (non-hydrogen) atoms. The van der Waals surface area contributed by atoms with E-state index in [9.17, 15) is 4.21 Å². The summed E-state index contributed by atoms with van der Waals surface area (Å²) in [6, 6.07) is 0. The van der Waals surface area contributed by atoms with Gasteiger partial charge in [-0.15, -0.1) is 6.58 Å². The van der Waals surface area contributed by atoms with Gasteiger partial charge in [-0.3, -0.25) is 4.21 Å². The van der Waals surface area contributed by atoms with Gasteiger partial charge >= 0.3 is 0 Å². The van der Waals surface area contributed by atoms with E-state index in [0.29, 0.717) is 5.75 Å². The first-order chi connectivity index (χ1) is 3.31. The molecule has 0 aromatic heterocycles. The average Bonchev–Trinajstić information content (AvgIpc) is 1.68. The van der Waals surface area contributed by atoms with Crippen LogP contribution in [-0.4, -0.2) is 9.96 Å². The van der Waals surface area contributed by atoms with Gasteiger partial charge in [0.2, 0.25) is 0 Å². The normalized spacial score (nSPS) is 12.6. The van der Waals surface area contributed by atoms with Gasteiger partial charge in [0.05, 0.1) is 0 Å². The third-order valence-corrected chi connectivity index (χ3v) is 1.40. The Hall–Kier alpha value is -0.370. The van der Waals surface area contributed by atoms with Crippen molar-refractivity contribution in [2.45, 2.75) is 0 Å². The first kappa shape index (κ1) is 6.63. The molecule has 0 saturated carbocycles. The van der Waals surface area contributed by atoms with Crippen LogP contribution in [0.4, 0.5) is 0 Å². The van der Waals surface area contributed by atoms with E-state index >= 15 is 0 Å². The van der Waals surface area contributed by atoms with Crippen molar-refractivity contribution in [2.75, 3.05) is 5.75 Å². The lowest BCUT2D eigenvalue weighted by atomic mass is 10.8. The fourth-order valence-corrected chi connectivity index (χ4v) is 0.553. The Balaban J connectivity index is 3.36. The molecular weight excluding hydrogens is 108 g/mol. The van der Waals surface area contributed by atoms with E-state index in [1.165, 1.54) is 5.41 Å². The molecule has 0 saturated heterocycles. The van der Waals surface area contributed by atoms with Crippen LogP contribution in [-0.2, 0) is 10.8 Å². The highest BCUT2D eigenvalue weighted by Gasteiger charge is 1.81. The van der Waals surface area contributed by atoms with E-state index < -0.39 is 10.8 Å². The zero-order valence-electron chi connectivity index (χ0n) is 4.09. The molecule has 0 aromatic carbocycles. The van der Waals surface area contributed by atoms with Gasteiger partial charge in [-0.25, -0.2) is 0 Å². The number of rotatable bonds is 3. The smallest absolute Gasteiger partial charge is 0.0488 e. The fraction of sp³-hybridized carbons (Fsp3) is 0.200. The maximum atomic E-state index is 10.3. The van der Waals surface area contributed by atoms with Crippen LogP contribution in [0.3, 0.4) is 0 Å². The Morgan fingerprint density at radius 1 is 1.57 bits per heavy atom. The van der Waals surface area contributed by atoms with Crippen LogP contribution in [0.25, 0.3) is 0 Å². The Bertz CT molecular complexity index is 96.3. The summed E-state index contributed by atoms with van der Waals surface area (Å²) in [4.78, 5) is 0. The monoisotopic (exact) mass is 116 g/mol. The quantitative estimate of drug-likeness (QED) is 0.504. The summed E-state index contributed by atoms with van der Waals surface area (Å²) in [7, 11) is -0.881. The predicted molar refractivity (Wildman–Crippen MR) is 33.4 cm³/mol. The Labute approximate surface area is 46.2 Å². The topological polar surface area (TPSA) is 17.1 Å². The third-order valence-electron chi connectivity index (χ3n) is 0.468. The van der Waals surface area contributed by atoms with E-state index in [-0.39, 0.29) is 0 Å². The van der Waals surface area contributed by atoms with Gasteiger partial charge in [-0.05, 0) is 5.41 Å². The second-order valence-corrected chi connectivity index (χ2v) is 2.43. The molecule has 1 nitrogen and oxygen atoms in total. The van der Waals surface area contributed by atoms with Crippen molar-refractivity contribution in [1.29, 1.82) is 0 Å². The molecule has 0 rings (SSSR count). The van der Waals surface area contributed by atoms with Crippen molar-refractivity contribution in [3.05, 3.63) is 24.6 Å². The van der Waals surface area contributed by atoms with Gasteiger partial charge < -0.3 is 0 Å². The standard InChI is InChI=1S/C5H8OS/c1-3-5-7(6)4-2/h3-4H,1-2,5H2. The molecule has 0 bridgehead atoms. The Morgan fingerprint density at radius 2 is 2.14 bits per heavy atom. The summed E-state index contributed by atoms with van der Waals surface area (Å²) in [6.45, 7) is 6.74. The minimum atomic E-state index is -0.881. The van der Waals surface area contributed by atoms with Gasteiger partial charge in [-0.2, -0.15) is 0 Å². The summed E-state index contributed by atoms with van der Waals surface area (Å²) in [6.07, 6.45) is 1.61. The van der Waals surface area contributed by atoms with Crippen LogP contribution in [0.1, 0.15) is 0 Å². The zero-order chi connectivity index (χ0) is 5.70. The molecule has 1 atom stereocenters. The highest BCUT2D eigenvalue weighted by molar-refractivity contribution is 7.88. The molecule has 0 aliphatic carbocycles. The summed E-state index contributed by atoms with van der Waals surface area (Å²) >= 11 is 0. The molecule has 0 spiro atoms. The van der Waals surface area contributed by atoms with Crippen molar-refractivity contribution in [3.63, 3.8) is 0 Å². The van der Waals surface area contributed by atoms with Crippen molar-refractivity contribution < 1.29 is 4.21 Å². The van der Waals surface area contributed by atoms with Gasteiger partial charge in [0.1, 0.15) is 0 Å². The second-order valence-electron chi connectivity index (χ2n) is 1.00. The molecule has 0 aromatic rings. The molecule has 0 fully saturated rings. The molecule has 0 amide bonds. The van der Waals surface area contributed by atoms with Crippen molar-refractivity contribution in [1.82, 2.24) is 0 Å². The van der Waals surface area contributed by atoms with E-state index in [0.717, 1.165) is 0 Å². The molecule has 0 N–H and O–H groups in total. The van der Waals surface area contributed by atoms with E-state index in [4.69, 9.17) is 0 Å². The molecule has 40 valence electrons. The van der Waals surface area contributed by atoms with Gasteiger partial charge in [-0.1, -0.05) is 12.7 Å². The third kappa shape index (κ3) is 3.46. The van der Waals surface area contributed by atoms with E-state index in [1.807, 2.05) is 0 Å². The Kier molecular flexibility index (Phi) is 3.61. The van der Waals surface area contributed by atoms with Crippen molar-refractivity contribution in [3.8, 4) is 0 Å². The van der Waals surface area contributed by atoms with E-state index in [1.54, 1.807) is 6.08 Å². The molecular formula is C5H8OS. The first-order valence-corrected chi connectivity index (χ1v) is 3.30. The van der Waals surface area contributed by atoms with Gasteiger partial charge in [0.15, 0.2) is 0 Å². The lowest BCUT2D eigenvalue weighted by molar-refractivity contribution is 0.690. The molecule has 0 aliphatic rings. The summed E-state index contributed by atoms with van der Waals surface area (Å²) in [5.41, 5.74) is 0. The Morgan fingerprint density at radius 3 is 2.29 bits per heavy atom. The van der Waals surface area contributed by atoms with Gasteiger partial charge in [0.25, 0.3) is 0 Å². The molecule has 0 radical (unpaired) electrons. The maximum absolute atomic E-state index is 10.3. The fourth-order valence-electron chi connectivity index (χ4n) is 0.184. The van der Waals surface area contributed by atoms with Crippen LogP contribution in [0.2, 0.25) is 0 Å². The summed E-state index contributed by atoms with van der Waals surface area (Å²) < 4.78 is 10.3. The second kappa shape index (κ2) is 3.81. The first-order valence-electron chi connectivity index (χ1n) is 1.92. The highest BCUT2D eigenvalue weighted by atomic mass is 32.2. The largest absolute Gasteiger partial charge is 0.255 e. The molecule has 1 unspecified atom stereocenters. The molecule has 2 heteroatoms. The minimum Gasteiger partial charge on any atom is -0.255 e. The highest BCUT2D eigenvalue weighted by Crippen LogP contribution is 1.79. The van der Waals surface area contributed by atoms with Crippen molar-refractivity contribution >= 4 is 10.8 Å². The number of hydrogen-bond acceptors (Lipinski definition) is 1. The van der Waals surface area contributed by atoms with E-state index in [2.05, 4.69) is 13.2 Å². The van der Waals surface area contributed by atoms with Crippen LogP contribution in [0, 0.1) is 0 Å². The zero-order valence-corrected chi connectivity index (χ0v) is 4.91. The van der Waals surface area contributed by atoms with Crippen LogP contribution < -0.4 is 0 Å². The predicted octanol–water partition coefficient (Wildman–Crippen LogP) is 1.06. The van der Waals surface area contributed by atoms with Gasteiger partial charge in [0, 0.05) is 16.6 Å². The molecule has 0 aliphatic heterocycles. The van der Waals surface area contributed by atoms with Crippen LogP contribution in [0.5, 0.6) is 0 Å². The number of hydrogen-bond donors (Lipinski definition) is 0. The summed E-state index contributed by atoms with van der Waals surface area (Å²) in [5, 5.41) is 1.40. The lowest BCUT2D eigenvalue weighted by Crippen LogP contribution is -1.84. The SMILES string of the molecule is C=CCS(=O)C=C. The summed E-state index contributed by atoms with van der Waals surface area (Å²) in [5.74, 6) is 0.517. The van der Waals surface area contributed by atoms with Crippen LogP contribution >= 0.6 is 0 Å². The maximum Gasteiger partial charge on any atom is 0.0488 e.